The highest BCUT2D eigenvalue weighted by atomic mass is 16.6. The van der Waals surface area contributed by atoms with E-state index in [2.05, 4.69) is 0 Å². The minimum absolute atomic E-state index is 0.0581. The lowest BCUT2D eigenvalue weighted by molar-refractivity contribution is -0.157. The van der Waals surface area contributed by atoms with Gasteiger partial charge in [0.25, 0.3) is 0 Å². The van der Waals surface area contributed by atoms with Crippen LogP contribution in [0, 0.1) is 0 Å². The molecule has 0 bridgehead atoms. The van der Waals surface area contributed by atoms with Crippen LogP contribution in [0.2, 0.25) is 0 Å². The van der Waals surface area contributed by atoms with Crippen molar-refractivity contribution in [2.45, 2.75) is 25.6 Å². The first kappa shape index (κ1) is 11.7. The Bertz CT molecular complexity index is 429. The van der Waals surface area contributed by atoms with E-state index in [1.54, 1.807) is 13.0 Å². The average Bonchev–Trinajstić information content (AvgIpc) is 2.29. The van der Waals surface area contributed by atoms with E-state index in [1.165, 1.54) is 12.1 Å². The van der Waals surface area contributed by atoms with Crippen LogP contribution in [-0.2, 0) is 16.0 Å². The minimum Gasteiger partial charge on any atom is -0.508 e. The minimum atomic E-state index is -1.02. The van der Waals surface area contributed by atoms with E-state index in [-0.39, 0.29) is 12.4 Å². The fraction of sp³-hybridized carbons (Fsp3) is 0.417. The lowest BCUT2D eigenvalue weighted by Gasteiger charge is -2.28. The van der Waals surface area contributed by atoms with Crippen LogP contribution in [0.3, 0.4) is 0 Å². The van der Waals surface area contributed by atoms with Crippen molar-refractivity contribution in [1.29, 1.82) is 0 Å². The smallest absolute Gasteiger partial charge is 0.350 e. The molecular weight excluding hydrogens is 224 g/mol. The number of carbonyl (C=O) groups excluding carboxylic acids is 1. The topological polar surface area (TPSA) is 76.0 Å². The van der Waals surface area contributed by atoms with Crippen molar-refractivity contribution in [2.75, 3.05) is 6.61 Å². The van der Waals surface area contributed by atoms with Gasteiger partial charge < -0.3 is 19.7 Å². The number of phenols is 1. The normalized spacial score (nSPS) is 22.5. The van der Waals surface area contributed by atoms with E-state index in [0.717, 1.165) is 5.56 Å². The molecule has 1 heterocycles. The zero-order valence-corrected chi connectivity index (χ0v) is 9.42. The fourth-order valence-electron chi connectivity index (χ4n) is 1.80. The third-order valence-corrected chi connectivity index (χ3v) is 2.60. The summed E-state index contributed by atoms with van der Waals surface area (Å²) in [5.41, 5.74) is 0.760. The van der Waals surface area contributed by atoms with Crippen LogP contribution in [0.4, 0.5) is 0 Å². The summed E-state index contributed by atoms with van der Waals surface area (Å²) in [5.74, 6) is -0.120. The van der Waals surface area contributed by atoms with Gasteiger partial charge in [-0.15, -0.1) is 0 Å². The molecule has 0 saturated heterocycles. The van der Waals surface area contributed by atoms with Gasteiger partial charge in [-0.1, -0.05) is 6.07 Å². The molecule has 1 aliphatic rings. The van der Waals surface area contributed by atoms with E-state index in [1.807, 2.05) is 0 Å². The second-order valence-electron chi connectivity index (χ2n) is 3.85. The lowest BCUT2D eigenvalue weighted by Crippen LogP contribution is -2.44. The second-order valence-corrected chi connectivity index (χ2v) is 3.85. The van der Waals surface area contributed by atoms with Gasteiger partial charge in [0.1, 0.15) is 17.6 Å². The number of aliphatic hydroxyl groups excluding tert-OH is 1. The van der Waals surface area contributed by atoms with Crippen molar-refractivity contribution in [3.8, 4) is 11.5 Å². The zero-order chi connectivity index (χ0) is 12.4. The Labute approximate surface area is 98.6 Å². The van der Waals surface area contributed by atoms with E-state index in [4.69, 9.17) is 9.47 Å². The van der Waals surface area contributed by atoms with Crippen molar-refractivity contribution < 1.29 is 24.5 Å². The Kier molecular flexibility index (Phi) is 3.19. The molecule has 1 aromatic rings. The molecule has 17 heavy (non-hydrogen) atoms. The summed E-state index contributed by atoms with van der Waals surface area (Å²) < 4.78 is 10.2. The highest BCUT2D eigenvalue weighted by molar-refractivity contribution is 5.76. The zero-order valence-electron chi connectivity index (χ0n) is 9.42. The first-order valence-electron chi connectivity index (χ1n) is 5.45. The molecule has 0 amide bonds. The second kappa shape index (κ2) is 4.63. The van der Waals surface area contributed by atoms with Crippen molar-refractivity contribution in [3.05, 3.63) is 23.8 Å². The summed E-state index contributed by atoms with van der Waals surface area (Å²) in [6.07, 6.45) is -1.64. The first-order valence-corrected chi connectivity index (χ1v) is 5.45. The Morgan fingerprint density at radius 1 is 1.59 bits per heavy atom. The maximum atomic E-state index is 11.5. The van der Waals surface area contributed by atoms with Crippen LogP contribution in [0.5, 0.6) is 11.5 Å². The average molecular weight is 238 g/mol. The van der Waals surface area contributed by atoms with Crippen LogP contribution >= 0.6 is 0 Å². The Hall–Kier alpha value is -1.75. The van der Waals surface area contributed by atoms with E-state index in [9.17, 15) is 15.0 Å². The third kappa shape index (κ3) is 2.34. The highest BCUT2D eigenvalue weighted by Crippen LogP contribution is 2.31. The van der Waals surface area contributed by atoms with Gasteiger partial charge in [0.05, 0.1) is 6.61 Å². The van der Waals surface area contributed by atoms with Crippen molar-refractivity contribution in [2.24, 2.45) is 0 Å². The molecule has 0 aliphatic carbocycles. The standard InChI is InChI=1S/C12H14O5/c1-2-16-12(15)11-9(14)5-7-3-4-8(13)6-10(7)17-11/h3-4,6,9,11,13-14H,2,5H2,1H3/t9-,11-/m0/s1. The number of phenolic OH excluding ortho intramolecular Hbond substituents is 1. The molecule has 2 atom stereocenters. The SMILES string of the molecule is CCOC(=O)[C@H]1Oc2cc(O)ccc2C[C@@H]1O. The predicted molar refractivity (Wildman–Crippen MR) is 58.9 cm³/mol. The van der Waals surface area contributed by atoms with Crippen LogP contribution in [0.15, 0.2) is 18.2 Å². The maximum Gasteiger partial charge on any atom is 0.350 e. The van der Waals surface area contributed by atoms with Crippen molar-refractivity contribution >= 4 is 5.97 Å². The molecule has 2 N–H and O–H groups in total. The molecule has 0 saturated carbocycles. The Balaban J connectivity index is 2.22. The maximum absolute atomic E-state index is 11.5. The predicted octanol–water partition coefficient (Wildman–Crippen LogP) is 0.620. The molecule has 0 spiro atoms. The largest absolute Gasteiger partial charge is 0.508 e. The number of ether oxygens (including phenoxy) is 2. The van der Waals surface area contributed by atoms with E-state index in [0.29, 0.717) is 12.2 Å². The number of hydrogen-bond acceptors (Lipinski definition) is 5. The van der Waals surface area contributed by atoms with Gasteiger partial charge in [-0.2, -0.15) is 0 Å². The van der Waals surface area contributed by atoms with E-state index >= 15 is 0 Å². The van der Waals surface area contributed by atoms with Gasteiger partial charge in [-0.3, -0.25) is 0 Å². The third-order valence-electron chi connectivity index (χ3n) is 2.60. The molecule has 0 unspecified atom stereocenters. The van der Waals surface area contributed by atoms with Gasteiger partial charge >= 0.3 is 5.97 Å². The van der Waals surface area contributed by atoms with Gasteiger partial charge in [0.15, 0.2) is 0 Å². The van der Waals surface area contributed by atoms with Crippen LogP contribution in [0.25, 0.3) is 0 Å². The monoisotopic (exact) mass is 238 g/mol. The number of hydrogen-bond donors (Lipinski definition) is 2. The number of aromatic hydroxyl groups is 1. The Morgan fingerprint density at radius 3 is 3.06 bits per heavy atom. The quantitative estimate of drug-likeness (QED) is 0.739. The highest BCUT2D eigenvalue weighted by Gasteiger charge is 2.35. The Morgan fingerprint density at radius 2 is 2.35 bits per heavy atom. The van der Waals surface area contributed by atoms with Gasteiger partial charge in [-0.25, -0.2) is 4.79 Å². The van der Waals surface area contributed by atoms with Crippen LogP contribution in [-0.4, -0.2) is 35.0 Å². The lowest BCUT2D eigenvalue weighted by atomic mass is 9.99. The summed E-state index contributed by atoms with van der Waals surface area (Å²) in [6.45, 7) is 1.92. The summed E-state index contributed by atoms with van der Waals surface area (Å²) in [5, 5.41) is 19.1. The van der Waals surface area contributed by atoms with E-state index < -0.39 is 18.2 Å². The molecule has 0 radical (unpaired) electrons. The number of rotatable bonds is 2. The fourth-order valence-corrected chi connectivity index (χ4v) is 1.80. The number of aliphatic hydroxyl groups is 1. The van der Waals surface area contributed by atoms with Crippen LogP contribution in [0.1, 0.15) is 12.5 Å². The number of esters is 1. The molecule has 1 aliphatic heterocycles. The molecule has 0 aromatic heterocycles. The molecule has 92 valence electrons. The number of benzene rings is 1. The molecular formula is C12H14O5. The summed E-state index contributed by atoms with van der Waals surface area (Å²) in [6, 6.07) is 4.60. The molecule has 0 fully saturated rings. The van der Waals surface area contributed by atoms with Crippen molar-refractivity contribution in [3.63, 3.8) is 0 Å². The summed E-state index contributed by atoms with van der Waals surface area (Å²) in [4.78, 5) is 11.5. The first-order chi connectivity index (χ1) is 8.11. The summed E-state index contributed by atoms with van der Waals surface area (Å²) in [7, 11) is 0. The van der Waals surface area contributed by atoms with Gasteiger partial charge in [-0.05, 0) is 18.6 Å². The molecule has 2 rings (SSSR count). The van der Waals surface area contributed by atoms with Gasteiger partial charge in [0, 0.05) is 12.5 Å². The number of fused-ring (bicyclic) bond motifs is 1. The molecule has 1 aromatic carbocycles. The summed E-state index contributed by atoms with van der Waals surface area (Å²) >= 11 is 0. The number of carbonyl (C=O) groups is 1. The van der Waals surface area contributed by atoms with Crippen LogP contribution < -0.4 is 4.74 Å². The molecule has 5 heteroatoms. The van der Waals surface area contributed by atoms with Crippen molar-refractivity contribution in [1.82, 2.24) is 0 Å². The van der Waals surface area contributed by atoms with Gasteiger partial charge in [0.2, 0.25) is 6.10 Å². The molecule has 5 nitrogen and oxygen atoms in total.